The first kappa shape index (κ1) is 18.6. The van der Waals surface area contributed by atoms with E-state index in [1.54, 1.807) is 25.3 Å². The molecule has 0 aliphatic carbocycles. The number of carbonyl (C=O) groups excluding carboxylic acids is 2. The molecule has 25 heavy (non-hydrogen) atoms. The standard InChI is InChI=1S/C15H18N4O5S/c1-16-12(20)7-17-13(21)8-25-15-19-18-14(24-15)10-5-4-9(22-2)6-11(10)23-3/h4-6H,7-8H2,1-3H3,(H,16,20)(H,17,21). The van der Waals surface area contributed by atoms with E-state index in [1.807, 2.05) is 0 Å². The number of ether oxygens (including phenoxy) is 2. The number of methoxy groups -OCH3 is 2. The Bertz CT molecular complexity index is 749. The summed E-state index contributed by atoms with van der Waals surface area (Å²) in [6.45, 7) is -0.0754. The first-order chi connectivity index (χ1) is 12.1. The monoisotopic (exact) mass is 366 g/mol. The fraction of sp³-hybridized carbons (Fsp3) is 0.333. The Morgan fingerprint density at radius 1 is 1.20 bits per heavy atom. The van der Waals surface area contributed by atoms with Gasteiger partial charge in [-0.25, -0.2) is 0 Å². The van der Waals surface area contributed by atoms with Crippen LogP contribution in [0.2, 0.25) is 0 Å². The quantitative estimate of drug-likeness (QED) is 0.656. The molecular formula is C15H18N4O5S. The van der Waals surface area contributed by atoms with Gasteiger partial charge in [0, 0.05) is 13.1 Å². The van der Waals surface area contributed by atoms with E-state index >= 15 is 0 Å². The predicted molar refractivity (Wildman–Crippen MR) is 90.6 cm³/mol. The fourth-order valence-corrected chi connectivity index (χ4v) is 2.39. The zero-order valence-corrected chi connectivity index (χ0v) is 14.8. The number of carbonyl (C=O) groups is 2. The fourth-order valence-electron chi connectivity index (χ4n) is 1.80. The van der Waals surface area contributed by atoms with Gasteiger partial charge in [0.25, 0.3) is 11.1 Å². The average Bonchev–Trinajstić information content (AvgIpc) is 3.12. The van der Waals surface area contributed by atoms with Crippen molar-refractivity contribution >= 4 is 23.6 Å². The molecular weight excluding hydrogens is 348 g/mol. The molecule has 0 spiro atoms. The third-order valence-electron chi connectivity index (χ3n) is 3.10. The number of thioether (sulfide) groups is 1. The van der Waals surface area contributed by atoms with Crippen LogP contribution in [0.3, 0.4) is 0 Å². The molecule has 0 aliphatic heterocycles. The van der Waals surface area contributed by atoms with Crippen LogP contribution in [0, 0.1) is 0 Å². The Balaban J connectivity index is 1.98. The number of amides is 2. The molecule has 2 aromatic rings. The van der Waals surface area contributed by atoms with Gasteiger partial charge in [-0.3, -0.25) is 9.59 Å². The number of hydrogen-bond donors (Lipinski definition) is 2. The predicted octanol–water partition coefficient (Wildman–Crippen LogP) is 0.708. The third-order valence-corrected chi connectivity index (χ3v) is 3.92. The Kier molecular flexibility index (Phi) is 6.63. The number of hydrogen-bond acceptors (Lipinski definition) is 8. The summed E-state index contributed by atoms with van der Waals surface area (Å²) in [5, 5.41) is 13.0. The number of likely N-dealkylation sites (N-methyl/N-ethyl adjacent to an activating group) is 1. The van der Waals surface area contributed by atoms with Crippen molar-refractivity contribution < 1.29 is 23.5 Å². The first-order valence-electron chi connectivity index (χ1n) is 7.23. The minimum absolute atomic E-state index is 0.0539. The maximum atomic E-state index is 11.6. The van der Waals surface area contributed by atoms with Crippen LogP contribution in [-0.2, 0) is 9.59 Å². The number of rotatable bonds is 8. The van der Waals surface area contributed by atoms with E-state index in [4.69, 9.17) is 13.9 Å². The minimum Gasteiger partial charge on any atom is -0.497 e. The highest BCUT2D eigenvalue weighted by Crippen LogP contribution is 2.33. The molecule has 2 amide bonds. The van der Waals surface area contributed by atoms with E-state index in [0.29, 0.717) is 17.1 Å². The van der Waals surface area contributed by atoms with Crippen LogP contribution in [0.25, 0.3) is 11.5 Å². The Labute approximate surface area is 148 Å². The lowest BCUT2D eigenvalue weighted by Gasteiger charge is -2.07. The van der Waals surface area contributed by atoms with Gasteiger partial charge in [0.2, 0.25) is 11.8 Å². The molecule has 1 aromatic heterocycles. The van der Waals surface area contributed by atoms with Crippen LogP contribution in [0.1, 0.15) is 0 Å². The van der Waals surface area contributed by atoms with Crippen LogP contribution >= 0.6 is 11.8 Å². The van der Waals surface area contributed by atoms with Gasteiger partial charge in [-0.15, -0.1) is 10.2 Å². The Morgan fingerprint density at radius 3 is 2.68 bits per heavy atom. The lowest BCUT2D eigenvalue weighted by molar-refractivity contribution is -0.124. The SMILES string of the molecule is CNC(=O)CNC(=O)CSc1nnc(-c2ccc(OC)cc2OC)o1. The molecule has 10 heteroatoms. The van der Waals surface area contributed by atoms with E-state index in [-0.39, 0.29) is 35.2 Å². The van der Waals surface area contributed by atoms with Crippen molar-refractivity contribution in [2.24, 2.45) is 0 Å². The molecule has 1 aromatic carbocycles. The van der Waals surface area contributed by atoms with Crippen molar-refractivity contribution in [2.45, 2.75) is 5.22 Å². The highest BCUT2D eigenvalue weighted by atomic mass is 32.2. The second kappa shape index (κ2) is 8.92. The molecule has 0 saturated heterocycles. The molecule has 0 unspecified atom stereocenters. The largest absolute Gasteiger partial charge is 0.497 e. The van der Waals surface area contributed by atoms with Crippen molar-refractivity contribution in [3.8, 4) is 23.0 Å². The summed E-state index contributed by atoms with van der Waals surface area (Å²) in [4.78, 5) is 22.7. The molecule has 0 atom stereocenters. The Morgan fingerprint density at radius 2 is 2.00 bits per heavy atom. The summed E-state index contributed by atoms with van der Waals surface area (Å²) in [7, 11) is 4.59. The molecule has 0 radical (unpaired) electrons. The number of benzene rings is 1. The second-order valence-corrected chi connectivity index (χ2v) is 5.60. The highest BCUT2D eigenvalue weighted by molar-refractivity contribution is 7.99. The molecule has 1 heterocycles. The van der Waals surface area contributed by atoms with E-state index in [9.17, 15) is 9.59 Å². The molecule has 134 valence electrons. The van der Waals surface area contributed by atoms with Crippen LogP contribution in [-0.4, -0.2) is 55.6 Å². The summed E-state index contributed by atoms with van der Waals surface area (Å²) >= 11 is 1.07. The van der Waals surface area contributed by atoms with Gasteiger partial charge < -0.3 is 24.5 Å². The first-order valence-corrected chi connectivity index (χ1v) is 8.22. The summed E-state index contributed by atoms with van der Waals surface area (Å²) in [6.07, 6.45) is 0. The van der Waals surface area contributed by atoms with Crippen LogP contribution in [0.4, 0.5) is 0 Å². The Hall–Kier alpha value is -2.75. The average molecular weight is 366 g/mol. The molecule has 9 nitrogen and oxygen atoms in total. The summed E-state index contributed by atoms with van der Waals surface area (Å²) in [5.74, 6) is 0.914. The topological polar surface area (TPSA) is 116 Å². The van der Waals surface area contributed by atoms with E-state index in [1.165, 1.54) is 14.2 Å². The van der Waals surface area contributed by atoms with Crippen molar-refractivity contribution in [1.29, 1.82) is 0 Å². The van der Waals surface area contributed by atoms with Gasteiger partial charge in [-0.1, -0.05) is 11.8 Å². The zero-order valence-electron chi connectivity index (χ0n) is 14.0. The molecule has 2 N–H and O–H groups in total. The smallest absolute Gasteiger partial charge is 0.277 e. The molecule has 0 aliphatic rings. The van der Waals surface area contributed by atoms with Gasteiger partial charge in [0.05, 0.1) is 32.1 Å². The van der Waals surface area contributed by atoms with E-state index < -0.39 is 0 Å². The van der Waals surface area contributed by atoms with Gasteiger partial charge in [0.1, 0.15) is 11.5 Å². The minimum atomic E-state index is -0.310. The molecule has 0 fully saturated rings. The zero-order chi connectivity index (χ0) is 18.2. The normalized spacial score (nSPS) is 10.2. The van der Waals surface area contributed by atoms with Crippen LogP contribution in [0.15, 0.2) is 27.8 Å². The lowest BCUT2D eigenvalue weighted by Crippen LogP contribution is -2.35. The van der Waals surface area contributed by atoms with Crippen molar-refractivity contribution in [1.82, 2.24) is 20.8 Å². The highest BCUT2D eigenvalue weighted by Gasteiger charge is 2.15. The maximum Gasteiger partial charge on any atom is 0.277 e. The molecule has 2 rings (SSSR count). The lowest BCUT2D eigenvalue weighted by atomic mass is 10.2. The third kappa shape index (κ3) is 5.11. The van der Waals surface area contributed by atoms with Gasteiger partial charge >= 0.3 is 0 Å². The summed E-state index contributed by atoms with van der Waals surface area (Å²) in [5.41, 5.74) is 0.617. The van der Waals surface area contributed by atoms with Gasteiger partial charge in [-0.2, -0.15) is 0 Å². The van der Waals surface area contributed by atoms with Crippen molar-refractivity contribution in [3.63, 3.8) is 0 Å². The summed E-state index contributed by atoms with van der Waals surface area (Å²) in [6, 6.07) is 5.20. The molecule has 0 bridgehead atoms. The number of aromatic nitrogens is 2. The van der Waals surface area contributed by atoms with Crippen LogP contribution < -0.4 is 20.1 Å². The van der Waals surface area contributed by atoms with Crippen molar-refractivity contribution in [2.75, 3.05) is 33.6 Å². The summed E-state index contributed by atoms with van der Waals surface area (Å²) < 4.78 is 16.0. The van der Waals surface area contributed by atoms with Gasteiger partial charge in [0.15, 0.2) is 0 Å². The number of nitrogens with one attached hydrogen (secondary N) is 2. The van der Waals surface area contributed by atoms with Gasteiger partial charge in [-0.05, 0) is 12.1 Å². The van der Waals surface area contributed by atoms with Crippen molar-refractivity contribution in [3.05, 3.63) is 18.2 Å². The van der Waals surface area contributed by atoms with E-state index in [2.05, 4.69) is 20.8 Å². The maximum absolute atomic E-state index is 11.6. The second-order valence-electron chi connectivity index (χ2n) is 4.68. The van der Waals surface area contributed by atoms with E-state index in [0.717, 1.165) is 11.8 Å². The number of nitrogens with zero attached hydrogens (tertiary/aromatic N) is 2. The van der Waals surface area contributed by atoms with Crippen LogP contribution in [0.5, 0.6) is 11.5 Å². The molecule has 0 saturated carbocycles.